The molecule has 0 radical (unpaired) electrons. The number of benzene rings is 1. The number of carboxylic acids is 1. The lowest BCUT2D eigenvalue weighted by Crippen LogP contribution is -2.10. The van der Waals surface area contributed by atoms with E-state index in [0.29, 0.717) is 10.8 Å². The predicted molar refractivity (Wildman–Crippen MR) is 72.5 cm³/mol. The van der Waals surface area contributed by atoms with Crippen LogP contribution in [0.25, 0.3) is 0 Å². The van der Waals surface area contributed by atoms with Gasteiger partial charge >= 0.3 is 5.97 Å². The van der Waals surface area contributed by atoms with Crippen LogP contribution in [0.5, 0.6) is 0 Å². The number of rotatable bonds is 4. The van der Waals surface area contributed by atoms with Crippen molar-refractivity contribution in [2.45, 2.75) is 13.0 Å². The Morgan fingerprint density at radius 3 is 2.63 bits per heavy atom. The molecule has 1 aromatic carbocycles. The van der Waals surface area contributed by atoms with Gasteiger partial charge < -0.3 is 10.4 Å². The fraction of sp³-hybridized carbons (Fsp3) is 0.154. The zero-order chi connectivity index (χ0) is 13.8. The van der Waals surface area contributed by atoms with Crippen LogP contribution in [0, 0.1) is 0 Å². The summed E-state index contributed by atoms with van der Waals surface area (Å²) in [5.41, 5.74) is 0.851. The standard InChI is InChI=1S/C13H12ClN3O2/c1-8(9-4-2-3-5-10(9)14)17-12-7-15-11(6-16-12)13(18)19/h2-8H,1H3,(H,16,17)(H,18,19)/t8-/m0/s1. The van der Waals surface area contributed by atoms with Crippen LogP contribution in [0.4, 0.5) is 5.82 Å². The summed E-state index contributed by atoms with van der Waals surface area (Å²) < 4.78 is 0. The van der Waals surface area contributed by atoms with Gasteiger partial charge in [-0.3, -0.25) is 0 Å². The van der Waals surface area contributed by atoms with Crippen molar-refractivity contribution in [3.05, 3.63) is 52.9 Å². The smallest absolute Gasteiger partial charge is 0.356 e. The normalized spacial score (nSPS) is 11.9. The van der Waals surface area contributed by atoms with E-state index in [2.05, 4.69) is 15.3 Å². The molecule has 19 heavy (non-hydrogen) atoms. The van der Waals surface area contributed by atoms with Gasteiger partial charge in [0.25, 0.3) is 0 Å². The number of anilines is 1. The van der Waals surface area contributed by atoms with E-state index in [1.807, 2.05) is 31.2 Å². The van der Waals surface area contributed by atoms with Gasteiger partial charge in [0, 0.05) is 5.02 Å². The lowest BCUT2D eigenvalue weighted by atomic mass is 10.1. The second kappa shape index (κ2) is 5.67. The third-order valence-electron chi connectivity index (χ3n) is 2.61. The number of hydrogen-bond donors (Lipinski definition) is 2. The number of nitrogens with one attached hydrogen (secondary N) is 1. The average Bonchev–Trinajstić information content (AvgIpc) is 2.39. The van der Waals surface area contributed by atoms with Crippen molar-refractivity contribution in [3.63, 3.8) is 0 Å². The maximum absolute atomic E-state index is 10.7. The molecule has 0 aliphatic carbocycles. The fourth-order valence-corrected chi connectivity index (χ4v) is 1.94. The van der Waals surface area contributed by atoms with E-state index in [0.717, 1.165) is 5.56 Å². The van der Waals surface area contributed by atoms with Crippen LogP contribution in [-0.2, 0) is 0 Å². The van der Waals surface area contributed by atoms with Gasteiger partial charge in [0.2, 0.25) is 0 Å². The highest BCUT2D eigenvalue weighted by Crippen LogP contribution is 2.24. The highest BCUT2D eigenvalue weighted by molar-refractivity contribution is 6.31. The molecule has 5 nitrogen and oxygen atoms in total. The van der Waals surface area contributed by atoms with E-state index in [-0.39, 0.29) is 11.7 Å². The molecule has 0 saturated heterocycles. The van der Waals surface area contributed by atoms with E-state index in [1.165, 1.54) is 12.4 Å². The van der Waals surface area contributed by atoms with Crippen LogP contribution < -0.4 is 5.32 Å². The first kappa shape index (κ1) is 13.3. The van der Waals surface area contributed by atoms with Crippen molar-refractivity contribution in [2.24, 2.45) is 0 Å². The Balaban J connectivity index is 2.13. The third kappa shape index (κ3) is 3.20. The van der Waals surface area contributed by atoms with Crippen LogP contribution in [0.1, 0.15) is 29.0 Å². The van der Waals surface area contributed by atoms with Gasteiger partial charge in [0.15, 0.2) is 5.69 Å². The Morgan fingerprint density at radius 2 is 2.05 bits per heavy atom. The summed E-state index contributed by atoms with van der Waals surface area (Å²) in [5, 5.41) is 12.5. The molecule has 0 spiro atoms. The van der Waals surface area contributed by atoms with Crippen LogP contribution in [0.3, 0.4) is 0 Å². The van der Waals surface area contributed by atoms with E-state index in [1.54, 1.807) is 0 Å². The predicted octanol–water partition coefficient (Wildman–Crippen LogP) is 3.00. The van der Waals surface area contributed by atoms with Crippen molar-refractivity contribution in [1.82, 2.24) is 9.97 Å². The first-order chi connectivity index (χ1) is 9.08. The van der Waals surface area contributed by atoms with Gasteiger partial charge in [0.1, 0.15) is 5.82 Å². The summed E-state index contributed by atoms with van der Waals surface area (Å²) in [6, 6.07) is 7.44. The average molecular weight is 278 g/mol. The van der Waals surface area contributed by atoms with Gasteiger partial charge in [-0.05, 0) is 18.6 Å². The Bertz CT molecular complexity index is 587. The molecule has 0 fully saturated rings. The van der Waals surface area contributed by atoms with Gasteiger partial charge in [-0.2, -0.15) is 0 Å². The molecular formula is C13H12ClN3O2. The molecule has 1 atom stereocenters. The van der Waals surface area contributed by atoms with Crippen LogP contribution in [0.2, 0.25) is 5.02 Å². The molecule has 2 rings (SSSR count). The molecule has 1 aromatic heterocycles. The first-order valence-electron chi connectivity index (χ1n) is 5.64. The Morgan fingerprint density at radius 1 is 1.32 bits per heavy atom. The van der Waals surface area contributed by atoms with Crippen molar-refractivity contribution < 1.29 is 9.90 Å². The van der Waals surface area contributed by atoms with Crippen molar-refractivity contribution in [1.29, 1.82) is 0 Å². The van der Waals surface area contributed by atoms with Gasteiger partial charge in [-0.25, -0.2) is 14.8 Å². The molecule has 1 heterocycles. The monoisotopic (exact) mass is 277 g/mol. The molecular weight excluding hydrogens is 266 g/mol. The molecule has 0 unspecified atom stereocenters. The molecule has 0 saturated carbocycles. The van der Waals surface area contributed by atoms with Crippen LogP contribution in [-0.4, -0.2) is 21.0 Å². The summed E-state index contributed by atoms with van der Waals surface area (Å²) >= 11 is 6.10. The quantitative estimate of drug-likeness (QED) is 0.898. The topological polar surface area (TPSA) is 75.1 Å². The van der Waals surface area contributed by atoms with E-state index < -0.39 is 5.97 Å². The maximum Gasteiger partial charge on any atom is 0.356 e. The summed E-state index contributed by atoms with van der Waals surface area (Å²) in [6.45, 7) is 1.94. The van der Waals surface area contributed by atoms with E-state index >= 15 is 0 Å². The Labute approximate surface area is 115 Å². The maximum atomic E-state index is 10.7. The summed E-state index contributed by atoms with van der Waals surface area (Å²) in [7, 11) is 0. The second-order valence-electron chi connectivity index (χ2n) is 3.98. The van der Waals surface area contributed by atoms with Crippen LogP contribution in [0.15, 0.2) is 36.7 Å². The van der Waals surface area contributed by atoms with Gasteiger partial charge in [0.05, 0.1) is 18.4 Å². The van der Waals surface area contributed by atoms with Gasteiger partial charge in [-0.1, -0.05) is 29.8 Å². The number of carboxylic acid groups (broad SMARTS) is 1. The van der Waals surface area contributed by atoms with Crippen molar-refractivity contribution in [2.75, 3.05) is 5.32 Å². The molecule has 0 amide bonds. The minimum Gasteiger partial charge on any atom is -0.476 e. The third-order valence-corrected chi connectivity index (χ3v) is 2.95. The Kier molecular flexibility index (Phi) is 3.97. The SMILES string of the molecule is C[C@H](Nc1cnc(C(=O)O)cn1)c1ccccc1Cl. The number of nitrogens with zero attached hydrogens (tertiary/aromatic N) is 2. The summed E-state index contributed by atoms with van der Waals surface area (Å²) in [5.74, 6) is -0.601. The molecule has 0 bridgehead atoms. The van der Waals surface area contributed by atoms with Crippen molar-refractivity contribution in [3.8, 4) is 0 Å². The minimum atomic E-state index is -1.10. The van der Waals surface area contributed by atoms with E-state index in [4.69, 9.17) is 16.7 Å². The zero-order valence-corrected chi connectivity index (χ0v) is 10.9. The lowest BCUT2D eigenvalue weighted by Gasteiger charge is -2.15. The lowest BCUT2D eigenvalue weighted by molar-refractivity contribution is 0.0690. The van der Waals surface area contributed by atoms with Gasteiger partial charge in [-0.15, -0.1) is 0 Å². The highest BCUT2D eigenvalue weighted by Gasteiger charge is 2.10. The van der Waals surface area contributed by atoms with Crippen molar-refractivity contribution >= 4 is 23.4 Å². The summed E-state index contributed by atoms with van der Waals surface area (Å²) in [6.07, 6.45) is 2.60. The largest absolute Gasteiger partial charge is 0.476 e. The number of aromatic carboxylic acids is 1. The molecule has 2 N–H and O–H groups in total. The zero-order valence-electron chi connectivity index (χ0n) is 10.2. The summed E-state index contributed by atoms with van der Waals surface area (Å²) in [4.78, 5) is 18.4. The van der Waals surface area contributed by atoms with E-state index in [9.17, 15) is 4.79 Å². The number of carbonyl (C=O) groups is 1. The molecule has 98 valence electrons. The molecule has 0 aliphatic heterocycles. The fourth-order valence-electron chi connectivity index (χ4n) is 1.64. The molecule has 0 aliphatic rings. The minimum absolute atomic E-state index is 0.0568. The Hall–Kier alpha value is -2.14. The molecule has 6 heteroatoms. The second-order valence-corrected chi connectivity index (χ2v) is 4.39. The van der Waals surface area contributed by atoms with Crippen LogP contribution >= 0.6 is 11.6 Å². The molecule has 2 aromatic rings. The number of hydrogen-bond acceptors (Lipinski definition) is 4. The first-order valence-corrected chi connectivity index (χ1v) is 6.02. The number of aromatic nitrogens is 2. The number of halogens is 1. The highest BCUT2D eigenvalue weighted by atomic mass is 35.5.